The molecule has 0 bridgehead atoms. The molecule has 1 saturated carbocycles. The minimum absolute atomic E-state index is 0.300. The molecular weight excluding hydrogens is 358 g/mol. The molecular formula is C21H21N3O4. The molecule has 2 aliphatic rings. The van der Waals surface area contributed by atoms with Crippen molar-refractivity contribution in [3.05, 3.63) is 54.6 Å². The van der Waals surface area contributed by atoms with Gasteiger partial charge in [-0.2, -0.15) is 0 Å². The first kappa shape index (κ1) is 18.0. The number of benzene rings is 2. The standard InChI is InChI=1S/C21H21N3O4/c25-18(14-24-19(26)21(23-20(24)27)11-4-5-12-21)22-15-7-6-10-17(13-15)28-16-8-2-1-3-9-16/h1-3,6-10,13H,4-5,11-12,14H2,(H,22,25)(H,23,27). The fourth-order valence-electron chi connectivity index (χ4n) is 3.74. The van der Waals surface area contributed by atoms with Crippen molar-refractivity contribution < 1.29 is 19.1 Å². The quantitative estimate of drug-likeness (QED) is 0.781. The maximum atomic E-state index is 12.6. The normalized spacial score (nSPS) is 17.6. The van der Waals surface area contributed by atoms with Gasteiger partial charge in [0, 0.05) is 11.8 Å². The van der Waals surface area contributed by atoms with E-state index in [0.717, 1.165) is 17.7 Å². The predicted molar refractivity (Wildman–Crippen MR) is 103 cm³/mol. The van der Waals surface area contributed by atoms with Gasteiger partial charge in [-0.3, -0.25) is 14.5 Å². The molecule has 1 spiro atoms. The van der Waals surface area contributed by atoms with Gasteiger partial charge in [-0.15, -0.1) is 0 Å². The number of imide groups is 1. The summed E-state index contributed by atoms with van der Waals surface area (Å²) in [5.74, 6) is 0.526. The van der Waals surface area contributed by atoms with Crippen molar-refractivity contribution in [2.45, 2.75) is 31.2 Å². The molecule has 0 atom stereocenters. The molecule has 1 aliphatic carbocycles. The van der Waals surface area contributed by atoms with Crippen molar-refractivity contribution in [3.63, 3.8) is 0 Å². The molecule has 4 rings (SSSR count). The first-order valence-corrected chi connectivity index (χ1v) is 9.33. The van der Waals surface area contributed by atoms with Gasteiger partial charge in [-0.25, -0.2) is 4.79 Å². The smallest absolute Gasteiger partial charge is 0.325 e. The van der Waals surface area contributed by atoms with Crippen molar-refractivity contribution in [2.24, 2.45) is 0 Å². The molecule has 1 heterocycles. The Hall–Kier alpha value is -3.35. The van der Waals surface area contributed by atoms with Gasteiger partial charge in [-0.05, 0) is 37.1 Å². The van der Waals surface area contributed by atoms with Crippen LogP contribution in [-0.4, -0.2) is 34.8 Å². The lowest BCUT2D eigenvalue weighted by Crippen LogP contribution is -2.44. The van der Waals surface area contributed by atoms with Crippen molar-refractivity contribution in [1.29, 1.82) is 0 Å². The molecule has 7 nitrogen and oxygen atoms in total. The number of anilines is 1. The van der Waals surface area contributed by atoms with Crippen LogP contribution in [0.2, 0.25) is 0 Å². The van der Waals surface area contributed by atoms with Gasteiger partial charge in [-0.1, -0.05) is 37.1 Å². The Bertz CT molecular complexity index is 907. The number of carbonyl (C=O) groups is 3. The number of urea groups is 1. The highest BCUT2D eigenvalue weighted by atomic mass is 16.5. The zero-order valence-corrected chi connectivity index (χ0v) is 15.3. The van der Waals surface area contributed by atoms with E-state index in [9.17, 15) is 14.4 Å². The number of para-hydroxylation sites is 1. The molecule has 28 heavy (non-hydrogen) atoms. The summed E-state index contributed by atoms with van der Waals surface area (Å²) in [6.45, 7) is -0.309. The Balaban J connectivity index is 1.39. The van der Waals surface area contributed by atoms with Crippen molar-refractivity contribution in [3.8, 4) is 11.5 Å². The van der Waals surface area contributed by atoms with Crippen LogP contribution in [0, 0.1) is 0 Å². The molecule has 0 unspecified atom stereocenters. The Labute approximate surface area is 162 Å². The van der Waals surface area contributed by atoms with Gasteiger partial charge in [0.15, 0.2) is 0 Å². The van der Waals surface area contributed by atoms with E-state index in [0.29, 0.717) is 30.0 Å². The summed E-state index contributed by atoms with van der Waals surface area (Å²) in [5, 5.41) is 5.49. The zero-order chi connectivity index (χ0) is 19.6. The Kier molecular flexibility index (Phi) is 4.73. The van der Waals surface area contributed by atoms with Gasteiger partial charge in [0.2, 0.25) is 5.91 Å². The third-order valence-corrected chi connectivity index (χ3v) is 5.10. The fraction of sp³-hybridized carbons (Fsp3) is 0.286. The minimum Gasteiger partial charge on any atom is -0.457 e. The molecule has 1 saturated heterocycles. The molecule has 2 aromatic rings. The number of hydrogen-bond acceptors (Lipinski definition) is 4. The molecule has 2 aromatic carbocycles. The predicted octanol–water partition coefficient (Wildman–Crippen LogP) is 3.28. The second kappa shape index (κ2) is 7.34. The van der Waals surface area contributed by atoms with Crippen molar-refractivity contribution in [1.82, 2.24) is 10.2 Å². The molecule has 0 radical (unpaired) electrons. The SMILES string of the molecule is O=C(CN1C(=O)NC2(CCCC2)C1=O)Nc1cccc(Oc2ccccc2)c1. The number of rotatable bonds is 5. The first-order valence-electron chi connectivity index (χ1n) is 9.33. The zero-order valence-electron chi connectivity index (χ0n) is 15.3. The molecule has 2 N–H and O–H groups in total. The van der Waals surface area contributed by atoms with Crippen LogP contribution in [0.3, 0.4) is 0 Å². The lowest BCUT2D eigenvalue weighted by Gasteiger charge is -2.19. The molecule has 4 amide bonds. The maximum absolute atomic E-state index is 12.6. The third-order valence-electron chi connectivity index (χ3n) is 5.10. The lowest BCUT2D eigenvalue weighted by atomic mass is 9.98. The van der Waals surface area contributed by atoms with Gasteiger partial charge < -0.3 is 15.4 Å². The maximum Gasteiger partial charge on any atom is 0.325 e. The molecule has 1 aliphatic heterocycles. The first-order chi connectivity index (χ1) is 13.6. The summed E-state index contributed by atoms with van der Waals surface area (Å²) in [7, 11) is 0. The van der Waals surface area contributed by atoms with E-state index in [1.165, 1.54) is 0 Å². The van der Waals surface area contributed by atoms with Crippen molar-refractivity contribution in [2.75, 3.05) is 11.9 Å². The van der Waals surface area contributed by atoms with Gasteiger partial charge in [0.05, 0.1) is 0 Å². The van der Waals surface area contributed by atoms with Crippen molar-refractivity contribution >= 4 is 23.5 Å². The number of ether oxygens (including phenoxy) is 1. The number of nitrogens with one attached hydrogen (secondary N) is 2. The largest absolute Gasteiger partial charge is 0.457 e. The molecule has 144 valence electrons. The van der Waals surface area contributed by atoms with E-state index in [4.69, 9.17) is 4.74 Å². The highest BCUT2D eigenvalue weighted by molar-refractivity contribution is 6.10. The monoisotopic (exact) mass is 379 g/mol. The average molecular weight is 379 g/mol. The van der Waals surface area contributed by atoms with Crippen LogP contribution >= 0.6 is 0 Å². The third kappa shape index (κ3) is 3.55. The van der Waals surface area contributed by atoms with Crippen LogP contribution in [0.4, 0.5) is 10.5 Å². The summed E-state index contributed by atoms with van der Waals surface area (Å²) < 4.78 is 5.75. The highest BCUT2D eigenvalue weighted by Gasteiger charge is 2.52. The molecule has 2 fully saturated rings. The van der Waals surface area contributed by atoms with E-state index >= 15 is 0 Å². The molecule has 0 aromatic heterocycles. The summed E-state index contributed by atoms with van der Waals surface area (Å²) in [4.78, 5) is 38.2. The Morgan fingerprint density at radius 3 is 2.50 bits per heavy atom. The number of carbonyl (C=O) groups excluding carboxylic acids is 3. The van der Waals surface area contributed by atoms with E-state index in [2.05, 4.69) is 10.6 Å². The summed E-state index contributed by atoms with van der Waals surface area (Å²) >= 11 is 0. The van der Waals surface area contributed by atoms with E-state index in [1.807, 2.05) is 30.3 Å². The van der Waals surface area contributed by atoms with E-state index in [-0.39, 0.29) is 12.5 Å². The summed E-state index contributed by atoms with van der Waals surface area (Å²) in [6.07, 6.45) is 3.07. The van der Waals surface area contributed by atoms with Gasteiger partial charge >= 0.3 is 6.03 Å². The van der Waals surface area contributed by atoms with Crippen LogP contribution in [0.1, 0.15) is 25.7 Å². The minimum atomic E-state index is -0.805. The van der Waals surface area contributed by atoms with Crippen LogP contribution in [0.25, 0.3) is 0 Å². The average Bonchev–Trinajstić information content (AvgIpc) is 3.24. The topological polar surface area (TPSA) is 87.7 Å². The van der Waals surface area contributed by atoms with Gasteiger partial charge in [0.25, 0.3) is 5.91 Å². The highest BCUT2D eigenvalue weighted by Crippen LogP contribution is 2.35. The second-order valence-corrected chi connectivity index (χ2v) is 7.10. The summed E-state index contributed by atoms with van der Waals surface area (Å²) in [5.41, 5.74) is -0.276. The Morgan fingerprint density at radius 1 is 1.04 bits per heavy atom. The number of hydrogen-bond donors (Lipinski definition) is 2. The summed E-state index contributed by atoms with van der Waals surface area (Å²) in [6, 6.07) is 15.8. The lowest BCUT2D eigenvalue weighted by molar-refractivity contribution is -0.133. The number of nitrogens with zero attached hydrogens (tertiary/aromatic N) is 1. The van der Waals surface area contributed by atoms with Crippen LogP contribution in [-0.2, 0) is 9.59 Å². The van der Waals surface area contributed by atoms with Crippen LogP contribution < -0.4 is 15.4 Å². The van der Waals surface area contributed by atoms with Crippen LogP contribution in [0.15, 0.2) is 54.6 Å². The second-order valence-electron chi connectivity index (χ2n) is 7.10. The van der Waals surface area contributed by atoms with Crippen LogP contribution in [0.5, 0.6) is 11.5 Å². The number of amides is 4. The molecule has 7 heteroatoms. The van der Waals surface area contributed by atoms with E-state index < -0.39 is 17.5 Å². The fourth-order valence-corrected chi connectivity index (χ4v) is 3.74. The van der Waals surface area contributed by atoms with E-state index in [1.54, 1.807) is 24.3 Å². The van der Waals surface area contributed by atoms with Gasteiger partial charge in [0.1, 0.15) is 23.6 Å². The Morgan fingerprint density at radius 2 is 1.75 bits per heavy atom.